The molecule has 1 amide bonds. The van der Waals surface area contributed by atoms with Crippen LogP contribution in [0.25, 0.3) is 6.08 Å². The lowest BCUT2D eigenvalue weighted by molar-refractivity contribution is -0.126. The minimum absolute atomic E-state index is 0.121. The molecule has 17 heavy (non-hydrogen) atoms. The number of halogens is 1. The summed E-state index contributed by atoms with van der Waals surface area (Å²) < 4.78 is 0.666. The van der Waals surface area contributed by atoms with Crippen molar-refractivity contribution in [3.63, 3.8) is 0 Å². The van der Waals surface area contributed by atoms with E-state index in [4.69, 9.17) is 21.8 Å². The van der Waals surface area contributed by atoms with Gasteiger partial charge in [0.15, 0.2) is 0 Å². The molecule has 0 atom stereocenters. The Hall–Kier alpha value is -0.880. The zero-order valence-corrected chi connectivity index (χ0v) is 10.7. The zero-order chi connectivity index (χ0) is 12.7. The minimum atomic E-state index is -0.238. The molecule has 4 nitrogen and oxygen atoms in total. The predicted octanol–water partition coefficient (Wildman–Crippen LogP) is 1.23. The maximum absolute atomic E-state index is 11.7. The number of aliphatic hydroxyl groups is 2. The molecule has 2 N–H and O–H groups in total. The zero-order valence-electron chi connectivity index (χ0n) is 9.17. The van der Waals surface area contributed by atoms with Crippen LogP contribution in [0, 0.1) is 0 Å². The van der Waals surface area contributed by atoms with Crippen LogP contribution in [0.3, 0.4) is 0 Å². The fraction of sp³-hybridized carbons (Fsp3) is 0.364. The van der Waals surface area contributed by atoms with Crippen molar-refractivity contribution < 1.29 is 15.0 Å². The summed E-state index contributed by atoms with van der Waals surface area (Å²) in [7, 11) is 0. The Morgan fingerprint density at radius 2 is 2.00 bits per heavy atom. The highest BCUT2D eigenvalue weighted by Gasteiger charge is 2.08. The summed E-state index contributed by atoms with van der Waals surface area (Å²) in [5, 5.41) is 17.6. The Labute approximate surface area is 109 Å². The van der Waals surface area contributed by atoms with Crippen molar-refractivity contribution in [2.24, 2.45) is 0 Å². The quantitative estimate of drug-likeness (QED) is 0.768. The van der Waals surface area contributed by atoms with Crippen LogP contribution in [0.2, 0.25) is 4.34 Å². The molecule has 0 aliphatic heterocycles. The normalized spacial score (nSPS) is 11.0. The Balaban J connectivity index is 2.59. The average Bonchev–Trinajstić information content (AvgIpc) is 2.72. The van der Waals surface area contributed by atoms with Gasteiger partial charge in [-0.2, -0.15) is 0 Å². The number of nitrogens with zero attached hydrogens (tertiary/aromatic N) is 1. The number of aliphatic hydroxyl groups excluding tert-OH is 2. The smallest absolute Gasteiger partial charge is 0.246 e. The van der Waals surface area contributed by atoms with Crippen LogP contribution in [-0.4, -0.2) is 47.3 Å². The summed E-state index contributed by atoms with van der Waals surface area (Å²) in [6, 6.07) is 3.58. The molecule has 1 aromatic rings. The molecule has 0 radical (unpaired) electrons. The van der Waals surface area contributed by atoms with Crippen LogP contribution in [-0.2, 0) is 4.79 Å². The highest BCUT2D eigenvalue weighted by Crippen LogP contribution is 2.22. The van der Waals surface area contributed by atoms with E-state index >= 15 is 0 Å². The third kappa shape index (κ3) is 4.87. The van der Waals surface area contributed by atoms with Crippen molar-refractivity contribution in [2.45, 2.75) is 0 Å². The van der Waals surface area contributed by atoms with Crippen molar-refractivity contribution in [1.82, 2.24) is 4.90 Å². The number of thiophene rings is 1. The second kappa shape index (κ2) is 7.45. The monoisotopic (exact) mass is 275 g/mol. The molecule has 6 heteroatoms. The van der Waals surface area contributed by atoms with Gasteiger partial charge in [0, 0.05) is 24.0 Å². The van der Waals surface area contributed by atoms with E-state index in [9.17, 15) is 4.79 Å². The van der Waals surface area contributed by atoms with Crippen LogP contribution in [0.5, 0.6) is 0 Å². The molecular weight excluding hydrogens is 262 g/mol. The standard InChI is InChI=1S/C11H14ClNO3S/c12-10-3-1-9(17-10)2-4-11(16)13(5-7-14)6-8-15/h1-4,14-15H,5-8H2/b4-2+. The summed E-state index contributed by atoms with van der Waals surface area (Å²) in [4.78, 5) is 14.0. The van der Waals surface area contributed by atoms with E-state index in [2.05, 4.69) is 0 Å². The SMILES string of the molecule is O=C(/C=C/c1ccc(Cl)s1)N(CCO)CCO. The molecule has 0 aliphatic carbocycles. The van der Waals surface area contributed by atoms with Crippen LogP contribution >= 0.6 is 22.9 Å². The van der Waals surface area contributed by atoms with Gasteiger partial charge >= 0.3 is 0 Å². The summed E-state index contributed by atoms with van der Waals surface area (Å²) >= 11 is 7.14. The Morgan fingerprint density at radius 1 is 1.35 bits per heavy atom. The van der Waals surface area contributed by atoms with Crippen molar-refractivity contribution in [1.29, 1.82) is 0 Å². The van der Waals surface area contributed by atoms with Crippen molar-refractivity contribution in [3.8, 4) is 0 Å². The van der Waals surface area contributed by atoms with Crippen molar-refractivity contribution in [3.05, 3.63) is 27.4 Å². The lowest BCUT2D eigenvalue weighted by atomic mass is 10.3. The van der Waals surface area contributed by atoms with Gasteiger partial charge in [0.05, 0.1) is 17.6 Å². The van der Waals surface area contributed by atoms with Gasteiger partial charge in [-0.3, -0.25) is 4.79 Å². The first-order valence-corrected chi connectivity index (χ1v) is 6.31. The van der Waals surface area contributed by atoms with E-state index in [0.29, 0.717) is 4.34 Å². The minimum Gasteiger partial charge on any atom is -0.395 e. The van der Waals surface area contributed by atoms with E-state index in [1.807, 2.05) is 6.07 Å². The fourth-order valence-corrected chi connectivity index (χ4v) is 2.21. The van der Waals surface area contributed by atoms with Crippen molar-refractivity contribution in [2.75, 3.05) is 26.3 Å². The average molecular weight is 276 g/mol. The van der Waals surface area contributed by atoms with Crippen molar-refractivity contribution >= 4 is 34.9 Å². The van der Waals surface area contributed by atoms with E-state index in [1.165, 1.54) is 22.3 Å². The first kappa shape index (κ1) is 14.2. The van der Waals surface area contributed by atoms with Gasteiger partial charge in [0.2, 0.25) is 5.91 Å². The highest BCUT2D eigenvalue weighted by molar-refractivity contribution is 7.17. The summed E-state index contributed by atoms with van der Waals surface area (Å²) in [6.07, 6.45) is 3.08. The topological polar surface area (TPSA) is 60.8 Å². The first-order valence-electron chi connectivity index (χ1n) is 5.11. The van der Waals surface area contributed by atoms with E-state index in [0.717, 1.165) is 4.88 Å². The number of rotatable bonds is 6. The number of carbonyl (C=O) groups excluding carboxylic acids is 1. The number of amides is 1. The molecule has 0 aliphatic rings. The van der Waals surface area contributed by atoms with Gasteiger partial charge in [-0.15, -0.1) is 11.3 Å². The Kier molecular flexibility index (Phi) is 6.21. The molecule has 0 bridgehead atoms. The molecule has 0 spiro atoms. The maximum Gasteiger partial charge on any atom is 0.246 e. The van der Waals surface area contributed by atoms with Gasteiger partial charge in [0.25, 0.3) is 0 Å². The molecule has 1 heterocycles. The van der Waals surface area contributed by atoms with Gasteiger partial charge in [-0.1, -0.05) is 11.6 Å². The number of hydrogen-bond donors (Lipinski definition) is 2. The molecule has 1 rings (SSSR count). The van der Waals surface area contributed by atoms with Gasteiger partial charge < -0.3 is 15.1 Å². The van der Waals surface area contributed by atoms with Gasteiger partial charge in [-0.25, -0.2) is 0 Å². The van der Waals surface area contributed by atoms with Crippen LogP contribution in [0.4, 0.5) is 0 Å². The van der Waals surface area contributed by atoms with Crippen LogP contribution < -0.4 is 0 Å². The van der Waals surface area contributed by atoms with E-state index in [1.54, 1.807) is 12.1 Å². The predicted molar refractivity (Wildman–Crippen MR) is 69.1 cm³/mol. The third-order valence-corrected chi connectivity index (χ3v) is 3.23. The fourth-order valence-electron chi connectivity index (χ4n) is 1.25. The molecule has 94 valence electrons. The largest absolute Gasteiger partial charge is 0.395 e. The molecule has 0 saturated carbocycles. The summed E-state index contributed by atoms with van der Waals surface area (Å²) in [6.45, 7) is 0.193. The van der Waals surface area contributed by atoms with E-state index < -0.39 is 0 Å². The molecule has 0 aromatic carbocycles. The molecule has 0 unspecified atom stereocenters. The van der Waals surface area contributed by atoms with E-state index in [-0.39, 0.29) is 32.2 Å². The third-order valence-electron chi connectivity index (χ3n) is 2.04. The molecular formula is C11H14ClNO3S. The highest BCUT2D eigenvalue weighted by atomic mass is 35.5. The second-order valence-electron chi connectivity index (χ2n) is 3.25. The Bertz CT molecular complexity index is 386. The number of carbonyl (C=O) groups is 1. The Morgan fingerprint density at radius 3 is 2.47 bits per heavy atom. The second-order valence-corrected chi connectivity index (χ2v) is 4.99. The summed E-state index contributed by atoms with van der Waals surface area (Å²) in [5.41, 5.74) is 0. The summed E-state index contributed by atoms with van der Waals surface area (Å²) in [5.74, 6) is -0.238. The molecule has 1 aromatic heterocycles. The lowest BCUT2D eigenvalue weighted by Crippen LogP contribution is -2.34. The van der Waals surface area contributed by atoms with Gasteiger partial charge in [0.1, 0.15) is 0 Å². The lowest BCUT2D eigenvalue weighted by Gasteiger charge is -2.18. The molecule has 0 fully saturated rings. The van der Waals surface area contributed by atoms with Crippen LogP contribution in [0.15, 0.2) is 18.2 Å². The molecule has 0 saturated heterocycles. The van der Waals surface area contributed by atoms with Gasteiger partial charge in [-0.05, 0) is 18.2 Å². The number of hydrogen-bond acceptors (Lipinski definition) is 4. The van der Waals surface area contributed by atoms with Crippen LogP contribution in [0.1, 0.15) is 4.88 Å². The maximum atomic E-state index is 11.7. The first-order chi connectivity index (χ1) is 8.17.